The number of methoxy groups -OCH3 is 1. The van der Waals surface area contributed by atoms with E-state index in [0.717, 1.165) is 6.42 Å². The van der Waals surface area contributed by atoms with E-state index >= 15 is 0 Å². The van der Waals surface area contributed by atoms with Gasteiger partial charge in [0.05, 0.1) is 6.61 Å². The van der Waals surface area contributed by atoms with Gasteiger partial charge in [-0.2, -0.15) is 0 Å². The van der Waals surface area contributed by atoms with Crippen LogP contribution in [0.1, 0.15) is 22.3 Å². The molecule has 1 aromatic carbocycles. The van der Waals surface area contributed by atoms with Crippen molar-refractivity contribution in [1.29, 1.82) is 0 Å². The fourth-order valence-corrected chi connectivity index (χ4v) is 2.25. The maximum absolute atomic E-state index is 12.1. The molecule has 2 rings (SSSR count). The van der Waals surface area contributed by atoms with Gasteiger partial charge in [-0.15, -0.1) is 0 Å². The zero-order valence-corrected chi connectivity index (χ0v) is 12.2. The number of nitrogens with one attached hydrogen (secondary N) is 1. The van der Waals surface area contributed by atoms with Crippen LogP contribution in [0.25, 0.3) is 0 Å². The topological polar surface area (TPSA) is 73.6 Å². The Kier molecular flexibility index (Phi) is 4.69. The first-order valence-corrected chi connectivity index (χ1v) is 6.78. The molecule has 1 aromatic rings. The van der Waals surface area contributed by atoms with Gasteiger partial charge in [-0.05, 0) is 12.1 Å². The number of nitrogens with two attached hydrogens (primary N) is 1. The van der Waals surface area contributed by atoms with Crippen LogP contribution in [0.2, 0.25) is 0 Å². The maximum Gasteiger partial charge on any atom is 0.251 e. The Morgan fingerprint density at radius 3 is 2.90 bits per heavy atom. The third kappa shape index (κ3) is 3.33. The van der Waals surface area contributed by atoms with Crippen molar-refractivity contribution in [2.75, 3.05) is 26.9 Å². The molecule has 1 amide bonds. The van der Waals surface area contributed by atoms with Crippen molar-refractivity contribution in [3.05, 3.63) is 35.4 Å². The fourth-order valence-electron chi connectivity index (χ4n) is 2.12. The number of amides is 1. The van der Waals surface area contributed by atoms with E-state index in [0.29, 0.717) is 30.9 Å². The average Bonchev–Trinajstić information content (AvgIpc) is 2.94. The van der Waals surface area contributed by atoms with Gasteiger partial charge in [0.1, 0.15) is 10.6 Å². The Morgan fingerprint density at radius 1 is 1.55 bits per heavy atom. The van der Waals surface area contributed by atoms with E-state index in [9.17, 15) is 4.79 Å². The number of hydrogen-bond acceptors (Lipinski definition) is 4. The van der Waals surface area contributed by atoms with Crippen molar-refractivity contribution in [3.63, 3.8) is 0 Å². The Morgan fingerprint density at radius 2 is 2.30 bits per heavy atom. The summed E-state index contributed by atoms with van der Waals surface area (Å²) in [6.45, 7) is 1.57. The maximum atomic E-state index is 12.1. The summed E-state index contributed by atoms with van der Waals surface area (Å²) in [6, 6.07) is 6.94. The van der Waals surface area contributed by atoms with Crippen LogP contribution in [-0.2, 0) is 9.47 Å². The first-order valence-electron chi connectivity index (χ1n) is 6.37. The molecule has 1 unspecified atom stereocenters. The molecule has 1 atom stereocenters. The first kappa shape index (κ1) is 14.9. The lowest BCUT2D eigenvalue weighted by atomic mass is 10.0. The summed E-state index contributed by atoms with van der Waals surface area (Å²) in [7, 11) is 1.63. The van der Waals surface area contributed by atoms with Gasteiger partial charge in [-0.1, -0.05) is 24.4 Å². The van der Waals surface area contributed by atoms with Crippen molar-refractivity contribution in [3.8, 4) is 0 Å². The molecule has 0 radical (unpaired) electrons. The van der Waals surface area contributed by atoms with E-state index in [4.69, 9.17) is 27.4 Å². The van der Waals surface area contributed by atoms with Crippen molar-refractivity contribution < 1.29 is 14.3 Å². The van der Waals surface area contributed by atoms with Crippen LogP contribution in [0.4, 0.5) is 0 Å². The van der Waals surface area contributed by atoms with Crippen LogP contribution in [0.15, 0.2) is 24.3 Å². The van der Waals surface area contributed by atoms with E-state index in [2.05, 4.69) is 5.32 Å². The normalized spacial score (nSPS) is 21.6. The lowest BCUT2D eigenvalue weighted by molar-refractivity contribution is -0.0148. The molecule has 108 valence electrons. The molecular formula is C14H18N2O3S. The van der Waals surface area contributed by atoms with Gasteiger partial charge in [-0.3, -0.25) is 4.79 Å². The molecular weight excluding hydrogens is 276 g/mol. The van der Waals surface area contributed by atoms with Crippen LogP contribution in [0, 0.1) is 0 Å². The molecule has 1 aliphatic rings. The van der Waals surface area contributed by atoms with E-state index in [1.54, 1.807) is 31.4 Å². The van der Waals surface area contributed by atoms with Gasteiger partial charge in [-0.25, -0.2) is 0 Å². The van der Waals surface area contributed by atoms with Crippen molar-refractivity contribution >= 4 is 23.1 Å². The third-order valence-corrected chi connectivity index (χ3v) is 3.72. The van der Waals surface area contributed by atoms with E-state index in [1.165, 1.54) is 0 Å². The van der Waals surface area contributed by atoms with E-state index in [-0.39, 0.29) is 10.9 Å². The lowest BCUT2D eigenvalue weighted by Gasteiger charge is -2.25. The van der Waals surface area contributed by atoms with Gasteiger partial charge in [0.15, 0.2) is 0 Å². The molecule has 1 heterocycles. The smallest absolute Gasteiger partial charge is 0.251 e. The van der Waals surface area contributed by atoms with E-state index in [1.807, 2.05) is 0 Å². The highest BCUT2D eigenvalue weighted by molar-refractivity contribution is 7.80. The van der Waals surface area contributed by atoms with Gasteiger partial charge in [0.2, 0.25) is 0 Å². The monoisotopic (exact) mass is 294 g/mol. The zero-order valence-electron chi connectivity index (χ0n) is 11.3. The van der Waals surface area contributed by atoms with Gasteiger partial charge in [0.25, 0.3) is 5.91 Å². The van der Waals surface area contributed by atoms with Gasteiger partial charge in [0, 0.05) is 37.8 Å². The number of rotatable bonds is 5. The fraction of sp³-hybridized carbons (Fsp3) is 0.429. The highest BCUT2D eigenvalue weighted by Gasteiger charge is 2.35. The molecule has 1 fully saturated rings. The summed E-state index contributed by atoms with van der Waals surface area (Å²) in [6.07, 6.45) is 0.775. The minimum Gasteiger partial charge on any atom is -0.389 e. The number of thiocarbonyl (C=S) groups is 1. The second-order valence-electron chi connectivity index (χ2n) is 4.82. The molecule has 3 N–H and O–H groups in total. The molecule has 1 saturated heterocycles. The first-order chi connectivity index (χ1) is 9.56. The molecule has 5 nitrogen and oxygen atoms in total. The summed E-state index contributed by atoms with van der Waals surface area (Å²) >= 11 is 4.91. The van der Waals surface area contributed by atoms with Crippen LogP contribution in [0.3, 0.4) is 0 Å². The average molecular weight is 294 g/mol. The Bertz CT molecular complexity index is 513. The molecule has 0 aromatic heterocycles. The second-order valence-corrected chi connectivity index (χ2v) is 5.26. The van der Waals surface area contributed by atoms with Gasteiger partial charge >= 0.3 is 0 Å². The number of ether oxygens (including phenoxy) is 2. The summed E-state index contributed by atoms with van der Waals surface area (Å²) < 4.78 is 10.8. The van der Waals surface area contributed by atoms with Crippen LogP contribution >= 0.6 is 12.2 Å². The second kappa shape index (κ2) is 6.30. The summed E-state index contributed by atoms with van der Waals surface area (Å²) in [5, 5.41) is 2.87. The predicted octanol–water partition coefficient (Wildman–Crippen LogP) is 0.856. The standard InChI is InChI=1S/C14H18N2O3S/c1-18-14(5-6-19-9-14)8-16-13(17)11-4-2-3-10(7-11)12(15)20/h2-4,7H,5-6,8-9H2,1H3,(H2,15,20)(H,16,17). The Balaban J connectivity index is 2.01. The highest BCUT2D eigenvalue weighted by Crippen LogP contribution is 2.21. The summed E-state index contributed by atoms with van der Waals surface area (Å²) in [5.41, 5.74) is 6.35. The van der Waals surface area contributed by atoms with Crippen LogP contribution in [-0.4, -0.2) is 43.4 Å². The van der Waals surface area contributed by atoms with Crippen molar-refractivity contribution in [2.45, 2.75) is 12.0 Å². The quantitative estimate of drug-likeness (QED) is 0.788. The number of hydrogen-bond donors (Lipinski definition) is 2. The summed E-state index contributed by atoms with van der Waals surface area (Å²) in [5.74, 6) is -0.175. The molecule has 1 aliphatic heterocycles. The lowest BCUT2D eigenvalue weighted by Crippen LogP contribution is -2.45. The number of carbonyl (C=O) groups is 1. The van der Waals surface area contributed by atoms with Crippen molar-refractivity contribution in [1.82, 2.24) is 5.32 Å². The van der Waals surface area contributed by atoms with Crippen molar-refractivity contribution in [2.24, 2.45) is 5.73 Å². The molecule has 0 saturated carbocycles. The minimum absolute atomic E-state index is 0.175. The number of carbonyl (C=O) groups excluding carboxylic acids is 1. The predicted molar refractivity (Wildman–Crippen MR) is 79.8 cm³/mol. The highest BCUT2D eigenvalue weighted by atomic mass is 32.1. The van der Waals surface area contributed by atoms with E-state index < -0.39 is 5.60 Å². The Hall–Kier alpha value is -1.50. The molecule has 6 heteroatoms. The minimum atomic E-state index is -0.420. The van der Waals surface area contributed by atoms with Crippen LogP contribution in [0.5, 0.6) is 0 Å². The Labute approximate surface area is 123 Å². The van der Waals surface area contributed by atoms with Gasteiger partial charge < -0.3 is 20.5 Å². The third-order valence-electron chi connectivity index (χ3n) is 3.48. The number of benzene rings is 1. The summed E-state index contributed by atoms with van der Waals surface area (Å²) in [4.78, 5) is 12.4. The molecule has 0 spiro atoms. The largest absolute Gasteiger partial charge is 0.389 e. The molecule has 20 heavy (non-hydrogen) atoms. The SMILES string of the molecule is COC1(CNC(=O)c2cccc(C(N)=S)c2)CCOC1. The molecule has 0 aliphatic carbocycles. The van der Waals surface area contributed by atoms with Crippen LogP contribution < -0.4 is 11.1 Å². The zero-order chi connectivity index (χ0) is 14.6. The molecule has 0 bridgehead atoms.